The van der Waals surface area contributed by atoms with Gasteiger partial charge in [-0.3, -0.25) is 9.59 Å². The molecule has 1 amide bonds. The van der Waals surface area contributed by atoms with Crippen LogP contribution in [0.4, 0.5) is 0 Å². The lowest BCUT2D eigenvalue weighted by Gasteiger charge is -2.16. The van der Waals surface area contributed by atoms with Gasteiger partial charge in [0.05, 0.1) is 5.56 Å². The Labute approximate surface area is 143 Å². The van der Waals surface area contributed by atoms with E-state index in [0.29, 0.717) is 24.5 Å². The number of amides is 1. The summed E-state index contributed by atoms with van der Waals surface area (Å²) in [4.78, 5) is 32.5. The van der Waals surface area contributed by atoms with E-state index in [4.69, 9.17) is 4.52 Å². The van der Waals surface area contributed by atoms with E-state index >= 15 is 0 Å². The molecule has 3 aromatic rings. The Hall–Kier alpha value is -3.22. The van der Waals surface area contributed by atoms with Crippen LogP contribution in [0, 0.1) is 0 Å². The van der Waals surface area contributed by atoms with Crippen molar-refractivity contribution in [1.29, 1.82) is 0 Å². The summed E-state index contributed by atoms with van der Waals surface area (Å²) in [6.07, 6.45) is 2.76. The minimum Gasteiger partial charge on any atom is -0.343 e. The van der Waals surface area contributed by atoms with Crippen molar-refractivity contribution in [2.45, 2.75) is 11.8 Å². The molecule has 7 heteroatoms. The summed E-state index contributed by atoms with van der Waals surface area (Å²) in [5, 5.41) is 3.98. The van der Waals surface area contributed by atoms with Gasteiger partial charge in [0.25, 0.3) is 5.91 Å². The zero-order chi connectivity index (χ0) is 17.2. The molecule has 0 radical (unpaired) electrons. The first-order chi connectivity index (χ1) is 12.2. The highest BCUT2D eigenvalue weighted by molar-refractivity contribution is 5.94. The number of nitrogens with one attached hydrogen (secondary N) is 1. The predicted molar refractivity (Wildman–Crippen MR) is 89.2 cm³/mol. The third-order valence-corrected chi connectivity index (χ3v) is 4.58. The smallest absolute Gasteiger partial charge is 0.255 e. The van der Waals surface area contributed by atoms with Crippen LogP contribution in [0.5, 0.6) is 0 Å². The summed E-state index contributed by atoms with van der Waals surface area (Å²) in [6, 6.07) is 12.9. The van der Waals surface area contributed by atoms with Crippen LogP contribution in [0.1, 0.15) is 33.6 Å². The molecule has 2 atom stereocenters. The highest BCUT2D eigenvalue weighted by Crippen LogP contribution is 2.38. The fourth-order valence-electron chi connectivity index (χ4n) is 3.34. The third-order valence-electron chi connectivity index (χ3n) is 4.58. The zero-order valence-corrected chi connectivity index (χ0v) is 13.3. The molecule has 25 heavy (non-hydrogen) atoms. The number of hydrogen-bond donors (Lipinski definition) is 1. The second-order valence-corrected chi connectivity index (χ2v) is 6.06. The van der Waals surface area contributed by atoms with Gasteiger partial charge in [-0.15, -0.1) is 0 Å². The van der Waals surface area contributed by atoms with Crippen molar-refractivity contribution in [3.05, 3.63) is 82.4 Å². The molecule has 1 aromatic carbocycles. The molecule has 1 N–H and O–H groups in total. The molecule has 7 nitrogen and oxygen atoms in total. The maximum atomic E-state index is 12.8. The van der Waals surface area contributed by atoms with E-state index in [1.807, 2.05) is 30.3 Å². The Kier molecular flexibility index (Phi) is 3.89. The van der Waals surface area contributed by atoms with Crippen molar-refractivity contribution in [3.63, 3.8) is 0 Å². The molecule has 1 saturated heterocycles. The van der Waals surface area contributed by atoms with Crippen LogP contribution in [0.25, 0.3) is 0 Å². The van der Waals surface area contributed by atoms with Crippen LogP contribution in [0.3, 0.4) is 0 Å². The summed E-state index contributed by atoms with van der Waals surface area (Å²) < 4.78 is 4.90. The van der Waals surface area contributed by atoms with Gasteiger partial charge in [-0.2, -0.15) is 4.98 Å². The maximum absolute atomic E-state index is 12.8. The SMILES string of the molecule is O=C(c1ccc(=O)[nH]c1)N1C[C@@H](c2ccccc2)[C@H](c2ncon2)C1. The largest absolute Gasteiger partial charge is 0.343 e. The Bertz CT molecular complexity index is 901. The van der Waals surface area contributed by atoms with Crippen LogP contribution in [0.15, 0.2) is 64.4 Å². The van der Waals surface area contributed by atoms with Crippen molar-refractivity contribution in [1.82, 2.24) is 20.0 Å². The molecule has 0 bridgehead atoms. The van der Waals surface area contributed by atoms with Gasteiger partial charge in [-0.25, -0.2) is 0 Å². The summed E-state index contributed by atoms with van der Waals surface area (Å²) in [7, 11) is 0. The van der Waals surface area contributed by atoms with E-state index in [9.17, 15) is 9.59 Å². The molecule has 2 aromatic heterocycles. The van der Waals surface area contributed by atoms with Crippen molar-refractivity contribution in [2.24, 2.45) is 0 Å². The highest BCUT2D eigenvalue weighted by atomic mass is 16.5. The van der Waals surface area contributed by atoms with Gasteiger partial charge in [0.15, 0.2) is 5.82 Å². The van der Waals surface area contributed by atoms with E-state index < -0.39 is 0 Å². The average molecular weight is 336 g/mol. The van der Waals surface area contributed by atoms with Gasteiger partial charge in [-0.05, 0) is 11.6 Å². The van der Waals surface area contributed by atoms with E-state index in [1.165, 1.54) is 18.7 Å². The molecule has 0 spiro atoms. The number of aromatic nitrogens is 3. The van der Waals surface area contributed by atoms with Gasteiger partial charge in [0, 0.05) is 37.2 Å². The number of hydrogen-bond acceptors (Lipinski definition) is 5. The summed E-state index contributed by atoms with van der Waals surface area (Å²) in [6.45, 7) is 1.05. The Balaban J connectivity index is 1.64. The minimum atomic E-state index is -0.232. The fourth-order valence-corrected chi connectivity index (χ4v) is 3.34. The Morgan fingerprint density at radius 3 is 2.60 bits per heavy atom. The lowest BCUT2D eigenvalue weighted by Crippen LogP contribution is -2.29. The molecule has 1 aliphatic heterocycles. The van der Waals surface area contributed by atoms with E-state index in [2.05, 4.69) is 15.1 Å². The molecule has 1 aliphatic rings. The molecule has 0 unspecified atom stereocenters. The molecule has 1 fully saturated rings. The number of benzene rings is 1. The van der Waals surface area contributed by atoms with Crippen molar-refractivity contribution < 1.29 is 9.32 Å². The van der Waals surface area contributed by atoms with Crippen molar-refractivity contribution in [2.75, 3.05) is 13.1 Å². The van der Waals surface area contributed by atoms with Crippen LogP contribution in [0.2, 0.25) is 0 Å². The first kappa shape index (κ1) is 15.3. The summed E-state index contributed by atoms with van der Waals surface area (Å²) in [5.74, 6) is 0.534. The number of likely N-dealkylation sites (tertiary alicyclic amines) is 1. The number of H-pyrrole nitrogens is 1. The van der Waals surface area contributed by atoms with E-state index in [-0.39, 0.29) is 23.3 Å². The van der Waals surface area contributed by atoms with Crippen LogP contribution in [-0.4, -0.2) is 39.0 Å². The molecule has 0 aliphatic carbocycles. The van der Waals surface area contributed by atoms with E-state index in [1.54, 1.807) is 11.0 Å². The monoisotopic (exact) mass is 336 g/mol. The predicted octanol–water partition coefficient (Wildman–Crippen LogP) is 1.78. The maximum Gasteiger partial charge on any atom is 0.255 e. The second kappa shape index (κ2) is 6.35. The minimum absolute atomic E-state index is 0.0344. The number of aromatic amines is 1. The van der Waals surface area contributed by atoms with Crippen LogP contribution >= 0.6 is 0 Å². The lowest BCUT2D eigenvalue weighted by molar-refractivity contribution is 0.0788. The first-order valence-corrected chi connectivity index (χ1v) is 8.01. The number of rotatable bonds is 3. The normalized spacial score (nSPS) is 19.9. The van der Waals surface area contributed by atoms with E-state index in [0.717, 1.165) is 5.56 Å². The van der Waals surface area contributed by atoms with Crippen LogP contribution in [-0.2, 0) is 0 Å². The van der Waals surface area contributed by atoms with Crippen LogP contribution < -0.4 is 5.56 Å². The number of carbonyl (C=O) groups excluding carboxylic acids is 1. The number of carbonyl (C=O) groups is 1. The Morgan fingerprint density at radius 2 is 1.92 bits per heavy atom. The first-order valence-electron chi connectivity index (χ1n) is 8.01. The van der Waals surface area contributed by atoms with Crippen molar-refractivity contribution in [3.8, 4) is 0 Å². The van der Waals surface area contributed by atoms with Crippen molar-refractivity contribution >= 4 is 5.91 Å². The molecule has 3 heterocycles. The third kappa shape index (κ3) is 2.96. The molecular formula is C18H16N4O3. The molecule has 4 rings (SSSR count). The quantitative estimate of drug-likeness (QED) is 0.787. The summed E-state index contributed by atoms with van der Waals surface area (Å²) in [5.41, 5.74) is 1.36. The average Bonchev–Trinajstić information content (AvgIpc) is 3.32. The topological polar surface area (TPSA) is 92.1 Å². The summed E-state index contributed by atoms with van der Waals surface area (Å²) >= 11 is 0. The molecule has 126 valence electrons. The zero-order valence-electron chi connectivity index (χ0n) is 13.3. The fraction of sp³-hybridized carbons (Fsp3) is 0.222. The highest BCUT2D eigenvalue weighted by Gasteiger charge is 2.39. The Morgan fingerprint density at radius 1 is 1.12 bits per heavy atom. The molecular weight excluding hydrogens is 320 g/mol. The van der Waals surface area contributed by atoms with Gasteiger partial charge >= 0.3 is 0 Å². The lowest BCUT2D eigenvalue weighted by atomic mass is 9.88. The van der Waals surface area contributed by atoms with Gasteiger partial charge in [0.2, 0.25) is 12.0 Å². The molecule has 0 saturated carbocycles. The van der Waals surface area contributed by atoms with Gasteiger partial charge < -0.3 is 14.4 Å². The van der Waals surface area contributed by atoms with Gasteiger partial charge in [-0.1, -0.05) is 35.5 Å². The number of nitrogens with zero attached hydrogens (tertiary/aromatic N) is 3. The number of pyridine rings is 1. The standard InChI is InChI=1S/C18H16N4O3/c23-16-7-6-13(8-19-16)18(24)22-9-14(12-4-2-1-3-5-12)15(10-22)17-20-11-25-21-17/h1-8,11,14-15H,9-10H2,(H,19,23)/t14-,15+/m0/s1. The second-order valence-electron chi connectivity index (χ2n) is 6.06. The van der Waals surface area contributed by atoms with Gasteiger partial charge in [0.1, 0.15) is 0 Å².